The molecule has 2 unspecified atom stereocenters. The molecule has 0 heterocycles. The predicted octanol–water partition coefficient (Wildman–Crippen LogP) is 1.36. The number of aliphatic hydroxyl groups is 1. The number of ether oxygens (including phenoxy) is 2. The van der Waals surface area contributed by atoms with Crippen LogP contribution in [0.2, 0.25) is 0 Å². The Morgan fingerprint density at radius 2 is 2.15 bits per heavy atom. The summed E-state index contributed by atoms with van der Waals surface area (Å²) in [6.07, 6.45) is 2.28. The van der Waals surface area contributed by atoms with E-state index in [4.69, 9.17) is 9.47 Å². The zero-order chi connectivity index (χ0) is 10.1. The van der Waals surface area contributed by atoms with Crippen LogP contribution in [0.5, 0.6) is 0 Å². The van der Waals surface area contributed by atoms with Crippen molar-refractivity contribution in [2.24, 2.45) is 0 Å². The molecule has 0 aliphatic carbocycles. The van der Waals surface area contributed by atoms with Crippen molar-refractivity contribution >= 4 is 0 Å². The maximum Gasteiger partial charge on any atom is 0.101 e. The fraction of sp³-hybridized carbons (Fsp3) is 0.800. The number of hydrogen-bond donors (Lipinski definition) is 1. The molecule has 78 valence electrons. The first kappa shape index (κ1) is 12.6. The maximum atomic E-state index is 9.34. The molecule has 3 heteroatoms. The molecule has 0 saturated heterocycles. The summed E-state index contributed by atoms with van der Waals surface area (Å²) in [7, 11) is 0. The summed E-state index contributed by atoms with van der Waals surface area (Å²) < 4.78 is 10.4. The van der Waals surface area contributed by atoms with Crippen LogP contribution in [0.15, 0.2) is 12.7 Å². The van der Waals surface area contributed by atoms with E-state index >= 15 is 0 Å². The van der Waals surface area contributed by atoms with Gasteiger partial charge in [0.2, 0.25) is 0 Å². The van der Waals surface area contributed by atoms with Crippen molar-refractivity contribution in [2.75, 3.05) is 19.8 Å². The van der Waals surface area contributed by atoms with Crippen LogP contribution in [-0.2, 0) is 9.47 Å². The molecule has 2 atom stereocenters. The van der Waals surface area contributed by atoms with Gasteiger partial charge in [-0.3, -0.25) is 0 Å². The van der Waals surface area contributed by atoms with Crippen molar-refractivity contribution in [3.63, 3.8) is 0 Å². The quantitative estimate of drug-likeness (QED) is 0.462. The molecule has 13 heavy (non-hydrogen) atoms. The Morgan fingerprint density at radius 1 is 1.46 bits per heavy atom. The van der Waals surface area contributed by atoms with Crippen molar-refractivity contribution in [3.05, 3.63) is 12.7 Å². The lowest BCUT2D eigenvalue weighted by Gasteiger charge is -2.14. The Morgan fingerprint density at radius 3 is 2.69 bits per heavy atom. The van der Waals surface area contributed by atoms with E-state index in [0.29, 0.717) is 19.8 Å². The highest BCUT2D eigenvalue weighted by Gasteiger charge is 2.06. The van der Waals surface area contributed by atoms with E-state index < -0.39 is 6.10 Å². The molecule has 3 nitrogen and oxygen atoms in total. The molecule has 1 N–H and O–H groups in total. The molecule has 0 aliphatic heterocycles. The van der Waals surface area contributed by atoms with Crippen LogP contribution in [0.25, 0.3) is 0 Å². The Kier molecular flexibility index (Phi) is 7.99. The Bertz CT molecular complexity index is 125. The first-order valence-electron chi connectivity index (χ1n) is 4.69. The van der Waals surface area contributed by atoms with Crippen LogP contribution in [0.3, 0.4) is 0 Å². The van der Waals surface area contributed by atoms with Gasteiger partial charge in [0.25, 0.3) is 0 Å². The molecule has 0 spiro atoms. The van der Waals surface area contributed by atoms with Crippen LogP contribution >= 0.6 is 0 Å². The molecular weight excluding hydrogens is 168 g/mol. The van der Waals surface area contributed by atoms with Gasteiger partial charge in [-0.2, -0.15) is 0 Å². The van der Waals surface area contributed by atoms with Gasteiger partial charge in [0, 0.05) is 0 Å². The standard InChI is InChI=1S/C10H20O3/c1-4-6-12-7-10(11)8-13-9(3)5-2/h4,9-11H,1,5-8H2,2-3H3. The first-order valence-corrected chi connectivity index (χ1v) is 4.69. The van der Waals surface area contributed by atoms with Gasteiger partial charge in [-0.25, -0.2) is 0 Å². The third-order valence-electron chi connectivity index (χ3n) is 1.69. The number of aliphatic hydroxyl groups excluding tert-OH is 1. The van der Waals surface area contributed by atoms with Crippen molar-refractivity contribution in [1.29, 1.82) is 0 Å². The van der Waals surface area contributed by atoms with Crippen LogP contribution in [-0.4, -0.2) is 37.1 Å². The summed E-state index contributed by atoms with van der Waals surface area (Å²) in [6, 6.07) is 0. The number of rotatable bonds is 8. The smallest absolute Gasteiger partial charge is 0.101 e. The summed E-state index contributed by atoms with van der Waals surface area (Å²) in [6.45, 7) is 8.66. The maximum absolute atomic E-state index is 9.34. The van der Waals surface area contributed by atoms with Crippen molar-refractivity contribution < 1.29 is 14.6 Å². The molecule has 0 radical (unpaired) electrons. The largest absolute Gasteiger partial charge is 0.388 e. The fourth-order valence-corrected chi connectivity index (χ4v) is 0.729. The van der Waals surface area contributed by atoms with E-state index in [2.05, 4.69) is 6.58 Å². The monoisotopic (exact) mass is 188 g/mol. The highest BCUT2D eigenvalue weighted by Crippen LogP contribution is 1.97. The summed E-state index contributed by atoms with van der Waals surface area (Å²) in [5.74, 6) is 0. The van der Waals surface area contributed by atoms with Gasteiger partial charge in [-0.15, -0.1) is 6.58 Å². The van der Waals surface area contributed by atoms with Crippen molar-refractivity contribution in [2.45, 2.75) is 32.5 Å². The Hall–Kier alpha value is -0.380. The highest BCUT2D eigenvalue weighted by atomic mass is 16.5. The molecule has 0 fully saturated rings. The Balaban J connectivity index is 3.28. The van der Waals surface area contributed by atoms with Crippen molar-refractivity contribution in [3.8, 4) is 0 Å². The molecule has 0 aromatic heterocycles. The summed E-state index contributed by atoms with van der Waals surface area (Å²) >= 11 is 0. The van der Waals surface area contributed by atoms with Crippen LogP contribution in [0.4, 0.5) is 0 Å². The van der Waals surface area contributed by atoms with E-state index in [1.807, 2.05) is 13.8 Å². The van der Waals surface area contributed by atoms with E-state index in [1.54, 1.807) is 6.08 Å². The van der Waals surface area contributed by atoms with E-state index in [1.165, 1.54) is 0 Å². The second-order valence-corrected chi connectivity index (χ2v) is 3.03. The van der Waals surface area contributed by atoms with E-state index in [-0.39, 0.29) is 6.10 Å². The average Bonchev–Trinajstić information content (AvgIpc) is 2.14. The van der Waals surface area contributed by atoms with Gasteiger partial charge in [-0.05, 0) is 13.3 Å². The van der Waals surface area contributed by atoms with E-state index in [0.717, 1.165) is 6.42 Å². The second kappa shape index (κ2) is 8.23. The van der Waals surface area contributed by atoms with Crippen LogP contribution < -0.4 is 0 Å². The van der Waals surface area contributed by atoms with Gasteiger partial charge in [0.15, 0.2) is 0 Å². The lowest BCUT2D eigenvalue weighted by Crippen LogP contribution is -2.24. The summed E-state index contributed by atoms with van der Waals surface area (Å²) in [5, 5.41) is 9.34. The summed E-state index contributed by atoms with van der Waals surface area (Å²) in [5.41, 5.74) is 0. The van der Waals surface area contributed by atoms with Gasteiger partial charge < -0.3 is 14.6 Å². The lowest BCUT2D eigenvalue weighted by atomic mass is 10.3. The van der Waals surface area contributed by atoms with Gasteiger partial charge in [0.1, 0.15) is 6.10 Å². The van der Waals surface area contributed by atoms with Crippen LogP contribution in [0.1, 0.15) is 20.3 Å². The minimum Gasteiger partial charge on any atom is -0.388 e. The molecule has 0 saturated carbocycles. The molecule has 0 aliphatic rings. The van der Waals surface area contributed by atoms with Gasteiger partial charge in [0.05, 0.1) is 25.9 Å². The third kappa shape index (κ3) is 7.96. The predicted molar refractivity (Wildman–Crippen MR) is 52.7 cm³/mol. The molecule has 0 amide bonds. The third-order valence-corrected chi connectivity index (χ3v) is 1.69. The molecule has 0 aromatic carbocycles. The highest BCUT2D eigenvalue weighted by molar-refractivity contribution is 4.64. The fourth-order valence-electron chi connectivity index (χ4n) is 0.729. The number of hydrogen-bond acceptors (Lipinski definition) is 3. The zero-order valence-electron chi connectivity index (χ0n) is 8.53. The summed E-state index contributed by atoms with van der Waals surface area (Å²) in [4.78, 5) is 0. The lowest BCUT2D eigenvalue weighted by molar-refractivity contribution is -0.0363. The minimum atomic E-state index is -0.533. The topological polar surface area (TPSA) is 38.7 Å². The minimum absolute atomic E-state index is 0.203. The SMILES string of the molecule is C=CCOCC(O)COC(C)CC. The second-order valence-electron chi connectivity index (χ2n) is 3.03. The molecule has 0 aromatic rings. The molecular formula is C10H20O3. The first-order chi connectivity index (χ1) is 6.20. The molecule has 0 bridgehead atoms. The van der Waals surface area contributed by atoms with Gasteiger partial charge >= 0.3 is 0 Å². The normalized spacial score (nSPS) is 15.3. The Labute approximate surface area is 80.4 Å². The molecule has 0 rings (SSSR count). The zero-order valence-corrected chi connectivity index (χ0v) is 8.53. The van der Waals surface area contributed by atoms with Crippen molar-refractivity contribution in [1.82, 2.24) is 0 Å². The van der Waals surface area contributed by atoms with Crippen LogP contribution in [0, 0.1) is 0 Å². The average molecular weight is 188 g/mol. The van der Waals surface area contributed by atoms with Gasteiger partial charge in [-0.1, -0.05) is 13.0 Å². The van der Waals surface area contributed by atoms with E-state index in [9.17, 15) is 5.11 Å².